The second-order valence-corrected chi connectivity index (χ2v) is 6.46. The van der Waals surface area contributed by atoms with Crippen molar-refractivity contribution in [1.82, 2.24) is 10.3 Å². The van der Waals surface area contributed by atoms with Gasteiger partial charge < -0.3 is 15.2 Å². The molecule has 2 aromatic rings. The Kier molecular flexibility index (Phi) is 5.66. The molecule has 1 fully saturated rings. The number of rotatable bonds is 6. The SMILES string of the molecule is COc1cccc([C@@H](O)C(=O)N[C@@H](c2ccccn2)C2CCCC2)c1. The van der Waals surface area contributed by atoms with Gasteiger partial charge in [0.15, 0.2) is 6.10 Å². The minimum Gasteiger partial charge on any atom is -0.497 e. The largest absolute Gasteiger partial charge is 0.497 e. The number of aliphatic hydroxyl groups excluding tert-OH is 1. The summed E-state index contributed by atoms with van der Waals surface area (Å²) in [6.07, 6.45) is 4.97. The number of pyridine rings is 1. The van der Waals surface area contributed by atoms with Gasteiger partial charge in [-0.1, -0.05) is 31.0 Å². The first-order valence-electron chi connectivity index (χ1n) is 8.72. The van der Waals surface area contributed by atoms with E-state index in [1.54, 1.807) is 37.6 Å². The van der Waals surface area contributed by atoms with E-state index in [-0.39, 0.29) is 6.04 Å². The predicted octanol–water partition coefficient (Wildman–Crippen LogP) is 3.17. The van der Waals surface area contributed by atoms with Crippen LogP contribution in [0.2, 0.25) is 0 Å². The lowest BCUT2D eigenvalue weighted by molar-refractivity contribution is -0.130. The summed E-state index contributed by atoms with van der Waals surface area (Å²) in [6, 6.07) is 12.5. The van der Waals surface area contributed by atoms with Crippen LogP contribution in [0.1, 0.15) is 49.1 Å². The maximum atomic E-state index is 12.7. The third-order valence-corrected chi connectivity index (χ3v) is 4.83. The summed E-state index contributed by atoms with van der Waals surface area (Å²) in [4.78, 5) is 17.1. The number of carbonyl (C=O) groups excluding carboxylic acids is 1. The highest BCUT2D eigenvalue weighted by Gasteiger charge is 2.30. The van der Waals surface area contributed by atoms with Gasteiger partial charge in [-0.2, -0.15) is 0 Å². The van der Waals surface area contributed by atoms with E-state index in [0.717, 1.165) is 18.5 Å². The van der Waals surface area contributed by atoms with E-state index in [1.807, 2.05) is 18.2 Å². The zero-order chi connectivity index (χ0) is 17.6. The number of hydrogen-bond acceptors (Lipinski definition) is 4. The van der Waals surface area contributed by atoms with Crippen molar-refractivity contribution in [3.8, 4) is 5.75 Å². The summed E-state index contributed by atoms with van der Waals surface area (Å²) in [6.45, 7) is 0. The Morgan fingerprint density at radius 2 is 2.04 bits per heavy atom. The first-order valence-corrected chi connectivity index (χ1v) is 8.72. The van der Waals surface area contributed by atoms with Crippen molar-refractivity contribution < 1.29 is 14.6 Å². The average Bonchev–Trinajstić information content (AvgIpc) is 3.20. The fourth-order valence-corrected chi connectivity index (χ4v) is 3.48. The topological polar surface area (TPSA) is 71.5 Å². The molecular formula is C20H24N2O3. The summed E-state index contributed by atoms with van der Waals surface area (Å²) in [5, 5.41) is 13.5. The van der Waals surface area contributed by atoms with Gasteiger partial charge in [0.2, 0.25) is 0 Å². The summed E-state index contributed by atoms with van der Waals surface area (Å²) < 4.78 is 5.16. The smallest absolute Gasteiger partial charge is 0.254 e. The number of nitrogens with zero attached hydrogens (tertiary/aromatic N) is 1. The minimum atomic E-state index is -1.23. The first kappa shape index (κ1) is 17.4. The van der Waals surface area contributed by atoms with Crippen molar-refractivity contribution in [1.29, 1.82) is 0 Å². The van der Waals surface area contributed by atoms with E-state index in [4.69, 9.17) is 4.74 Å². The molecule has 1 saturated carbocycles. The first-order chi connectivity index (χ1) is 12.2. The van der Waals surface area contributed by atoms with Crippen LogP contribution in [0.15, 0.2) is 48.7 Å². The molecule has 0 saturated heterocycles. The Balaban J connectivity index is 1.77. The number of carbonyl (C=O) groups is 1. The molecule has 0 aliphatic heterocycles. The van der Waals surface area contributed by atoms with Crippen molar-refractivity contribution in [3.63, 3.8) is 0 Å². The molecule has 1 aromatic heterocycles. The second-order valence-electron chi connectivity index (χ2n) is 6.46. The molecule has 5 heteroatoms. The molecule has 1 amide bonds. The highest BCUT2D eigenvalue weighted by molar-refractivity contribution is 5.82. The van der Waals surface area contributed by atoms with Crippen molar-refractivity contribution in [2.24, 2.45) is 5.92 Å². The van der Waals surface area contributed by atoms with Gasteiger partial charge in [0.05, 0.1) is 18.8 Å². The lowest BCUT2D eigenvalue weighted by Crippen LogP contribution is -2.36. The maximum Gasteiger partial charge on any atom is 0.254 e. The van der Waals surface area contributed by atoms with E-state index < -0.39 is 12.0 Å². The number of benzene rings is 1. The molecule has 132 valence electrons. The summed E-state index contributed by atoms with van der Waals surface area (Å²) in [7, 11) is 1.56. The number of methoxy groups -OCH3 is 1. The zero-order valence-corrected chi connectivity index (χ0v) is 14.4. The van der Waals surface area contributed by atoms with Crippen LogP contribution in [0.4, 0.5) is 0 Å². The van der Waals surface area contributed by atoms with Crippen LogP contribution in [0.25, 0.3) is 0 Å². The number of amides is 1. The third kappa shape index (κ3) is 4.17. The molecular weight excluding hydrogens is 316 g/mol. The number of nitrogens with one attached hydrogen (secondary N) is 1. The molecule has 1 aliphatic rings. The number of ether oxygens (including phenoxy) is 1. The van der Waals surface area contributed by atoms with E-state index in [1.165, 1.54) is 12.8 Å². The third-order valence-electron chi connectivity index (χ3n) is 4.83. The summed E-state index contributed by atoms with van der Waals surface area (Å²) >= 11 is 0. The van der Waals surface area contributed by atoms with Crippen LogP contribution in [0, 0.1) is 5.92 Å². The molecule has 0 radical (unpaired) electrons. The quantitative estimate of drug-likeness (QED) is 0.847. The molecule has 0 spiro atoms. The van der Waals surface area contributed by atoms with Crippen LogP contribution >= 0.6 is 0 Å². The van der Waals surface area contributed by atoms with Crippen LogP contribution in [-0.2, 0) is 4.79 Å². The van der Waals surface area contributed by atoms with E-state index in [9.17, 15) is 9.90 Å². The minimum absolute atomic E-state index is 0.170. The van der Waals surface area contributed by atoms with Crippen molar-refractivity contribution in [2.45, 2.75) is 37.8 Å². The van der Waals surface area contributed by atoms with E-state index in [2.05, 4.69) is 10.3 Å². The second kappa shape index (κ2) is 8.12. The van der Waals surface area contributed by atoms with Crippen LogP contribution < -0.4 is 10.1 Å². The van der Waals surface area contributed by atoms with Gasteiger partial charge in [-0.25, -0.2) is 0 Å². The van der Waals surface area contributed by atoms with E-state index in [0.29, 0.717) is 17.2 Å². The highest BCUT2D eigenvalue weighted by atomic mass is 16.5. The summed E-state index contributed by atoms with van der Waals surface area (Å²) in [5.74, 6) is 0.564. The van der Waals surface area contributed by atoms with Crippen LogP contribution in [-0.4, -0.2) is 23.1 Å². The monoisotopic (exact) mass is 340 g/mol. The lowest BCUT2D eigenvalue weighted by atomic mass is 9.94. The molecule has 1 heterocycles. The van der Waals surface area contributed by atoms with Crippen molar-refractivity contribution >= 4 is 5.91 Å². The normalized spacial score (nSPS) is 17.0. The molecule has 25 heavy (non-hydrogen) atoms. The molecule has 3 rings (SSSR count). The number of hydrogen-bond donors (Lipinski definition) is 2. The van der Waals surface area contributed by atoms with E-state index >= 15 is 0 Å². The molecule has 2 N–H and O–H groups in total. The van der Waals surface area contributed by atoms with Gasteiger partial charge in [-0.15, -0.1) is 0 Å². The Morgan fingerprint density at radius 1 is 1.24 bits per heavy atom. The van der Waals surface area contributed by atoms with Gasteiger partial charge >= 0.3 is 0 Å². The molecule has 1 aromatic carbocycles. The Labute approximate surface area is 148 Å². The molecule has 0 bridgehead atoms. The van der Waals surface area contributed by atoms with Gasteiger partial charge in [0.1, 0.15) is 5.75 Å². The molecule has 5 nitrogen and oxygen atoms in total. The van der Waals surface area contributed by atoms with Crippen molar-refractivity contribution in [3.05, 3.63) is 59.9 Å². The van der Waals surface area contributed by atoms with Crippen LogP contribution in [0.3, 0.4) is 0 Å². The lowest BCUT2D eigenvalue weighted by Gasteiger charge is -2.25. The van der Waals surface area contributed by atoms with Gasteiger partial charge in [0.25, 0.3) is 5.91 Å². The Hall–Kier alpha value is -2.40. The number of aliphatic hydroxyl groups is 1. The van der Waals surface area contributed by atoms with Crippen LogP contribution in [0.5, 0.6) is 5.75 Å². The fourth-order valence-electron chi connectivity index (χ4n) is 3.48. The fraction of sp³-hybridized carbons (Fsp3) is 0.400. The molecule has 1 aliphatic carbocycles. The maximum absolute atomic E-state index is 12.7. The zero-order valence-electron chi connectivity index (χ0n) is 14.4. The molecule has 2 atom stereocenters. The summed E-state index contributed by atoms with van der Waals surface area (Å²) in [5.41, 5.74) is 1.36. The predicted molar refractivity (Wildman–Crippen MR) is 95.0 cm³/mol. The van der Waals surface area contributed by atoms with Crippen molar-refractivity contribution in [2.75, 3.05) is 7.11 Å². The Bertz CT molecular complexity index is 699. The number of aromatic nitrogens is 1. The molecule has 0 unspecified atom stereocenters. The van der Waals surface area contributed by atoms with Gasteiger partial charge in [0, 0.05) is 6.20 Å². The van der Waals surface area contributed by atoms with Gasteiger partial charge in [-0.3, -0.25) is 9.78 Å². The highest BCUT2D eigenvalue weighted by Crippen LogP contribution is 2.35. The van der Waals surface area contributed by atoms with Gasteiger partial charge in [-0.05, 0) is 48.6 Å². The average molecular weight is 340 g/mol. The Morgan fingerprint density at radius 3 is 2.72 bits per heavy atom. The standard InChI is InChI=1S/C20H24N2O3/c1-25-16-10-6-9-15(13-16)19(23)20(24)22-18(14-7-2-3-8-14)17-11-4-5-12-21-17/h4-6,9-14,18-19,23H,2-3,7-8H2,1H3,(H,22,24)/t18-,19-/m1/s1.